The Hall–Kier alpha value is -1.16. The molecular formula is C23H36NO2S+. The first-order valence-corrected chi connectivity index (χ1v) is 12.7. The third-order valence-electron chi connectivity index (χ3n) is 6.26. The molecule has 0 unspecified atom stereocenters. The van der Waals surface area contributed by atoms with Crippen molar-refractivity contribution in [1.29, 1.82) is 0 Å². The minimum absolute atomic E-state index is 0.115. The van der Waals surface area contributed by atoms with Crippen LogP contribution in [0.2, 0.25) is 0 Å². The molecule has 0 aromatic heterocycles. The van der Waals surface area contributed by atoms with Gasteiger partial charge in [0.1, 0.15) is 18.3 Å². The van der Waals surface area contributed by atoms with Gasteiger partial charge in [-0.3, -0.25) is 0 Å². The first-order chi connectivity index (χ1) is 13.0. The molecule has 3 rings (SSSR count). The Morgan fingerprint density at radius 2 is 1.41 bits per heavy atom. The van der Waals surface area contributed by atoms with Crippen molar-refractivity contribution in [2.24, 2.45) is 0 Å². The number of nitrogens with zero attached hydrogens (tertiary/aromatic N) is 1. The molecule has 0 heterocycles. The number of hydrogen-bond acceptors (Lipinski definition) is 2. The zero-order valence-electron chi connectivity index (χ0n) is 17.6. The molecular weight excluding hydrogens is 354 g/mol. The third-order valence-corrected chi connectivity index (χ3v) is 7.58. The minimum atomic E-state index is -0.115. The number of ether oxygens (including phenoxy) is 1. The molecule has 0 radical (unpaired) electrons. The number of amides is 1. The van der Waals surface area contributed by atoms with E-state index in [4.69, 9.17) is 4.74 Å². The molecule has 1 aromatic rings. The maximum Gasteiger partial charge on any atom is 0.415 e. The Balaban J connectivity index is 1.80. The van der Waals surface area contributed by atoms with Crippen molar-refractivity contribution in [2.75, 3.05) is 12.5 Å². The summed E-state index contributed by atoms with van der Waals surface area (Å²) in [5.41, 5.74) is 2.29. The van der Waals surface area contributed by atoms with Gasteiger partial charge in [0.15, 0.2) is 4.90 Å². The number of rotatable bonds is 4. The van der Waals surface area contributed by atoms with Crippen LogP contribution in [0.15, 0.2) is 17.0 Å². The Bertz CT molecular complexity index is 628. The maximum atomic E-state index is 13.3. The van der Waals surface area contributed by atoms with Gasteiger partial charge in [-0.1, -0.05) is 38.5 Å². The lowest BCUT2D eigenvalue weighted by molar-refractivity contribution is 0.0754. The van der Waals surface area contributed by atoms with Crippen LogP contribution >= 0.6 is 0 Å². The quantitative estimate of drug-likeness (QED) is 0.590. The predicted octanol–water partition coefficient (Wildman–Crippen LogP) is 6.01. The van der Waals surface area contributed by atoms with Gasteiger partial charge in [0.2, 0.25) is 0 Å². The van der Waals surface area contributed by atoms with Crippen LogP contribution in [0.25, 0.3) is 0 Å². The first-order valence-electron chi connectivity index (χ1n) is 10.7. The molecule has 2 aliphatic rings. The van der Waals surface area contributed by atoms with Gasteiger partial charge in [0, 0.05) is 34.6 Å². The molecule has 0 bridgehead atoms. The zero-order valence-corrected chi connectivity index (χ0v) is 18.4. The standard InChI is InChI=1S/C23H36NO2S/c1-17-16-22(27(3)4)18(2)15-21(17)26-23(25)24(19-11-7-5-8-12-19)20-13-9-6-10-14-20/h15-16,19-20H,5-14H2,1-4H3/q+1. The highest BCUT2D eigenvalue weighted by molar-refractivity contribution is 7.95. The van der Waals surface area contributed by atoms with Gasteiger partial charge in [-0.2, -0.15) is 0 Å². The molecule has 1 aromatic carbocycles. The van der Waals surface area contributed by atoms with E-state index < -0.39 is 0 Å². The smallest absolute Gasteiger partial charge is 0.410 e. The Labute approximate surface area is 168 Å². The topological polar surface area (TPSA) is 29.5 Å². The largest absolute Gasteiger partial charge is 0.415 e. The molecule has 4 heteroatoms. The summed E-state index contributed by atoms with van der Waals surface area (Å²) in [4.78, 5) is 16.8. The molecule has 0 spiro atoms. The summed E-state index contributed by atoms with van der Waals surface area (Å²) in [6.07, 6.45) is 16.5. The normalized spacial score (nSPS) is 19.3. The van der Waals surface area contributed by atoms with E-state index in [0.29, 0.717) is 12.1 Å². The summed E-state index contributed by atoms with van der Waals surface area (Å²) in [6.45, 7) is 4.18. The SMILES string of the molecule is Cc1cc([S+](C)C)c(C)cc1OC(=O)N(C1CCCCC1)C1CCCCC1. The van der Waals surface area contributed by atoms with Crippen molar-refractivity contribution >= 4 is 17.0 Å². The highest BCUT2D eigenvalue weighted by Gasteiger charge is 2.34. The molecule has 0 N–H and O–H groups in total. The van der Waals surface area contributed by atoms with E-state index in [1.807, 2.05) is 0 Å². The number of benzene rings is 1. The van der Waals surface area contributed by atoms with Crippen molar-refractivity contribution in [3.63, 3.8) is 0 Å². The molecule has 0 aliphatic heterocycles. The van der Waals surface area contributed by atoms with E-state index in [2.05, 4.69) is 43.4 Å². The van der Waals surface area contributed by atoms with Crippen molar-refractivity contribution in [2.45, 2.75) is 95.0 Å². The van der Waals surface area contributed by atoms with Crippen LogP contribution in [0.3, 0.4) is 0 Å². The van der Waals surface area contributed by atoms with Crippen LogP contribution < -0.4 is 4.74 Å². The fourth-order valence-corrected chi connectivity index (χ4v) is 5.89. The van der Waals surface area contributed by atoms with Crippen molar-refractivity contribution in [3.05, 3.63) is 23.3 Å². The highest BCUT2D eigenvalue weighted by Crippen LogP contribution is 2.32. The molecule has 0 atom stereocenters. The molecule has 0 saturated heterocycles. The first kappa shape index (κ1) is 20.6. The van der Waals surface area contributed by atoms with Gasteiger partial charge in [0.05, 0.1) is 0 Å². The molecule has 2 fully saturated rings. The summed E-state index contributed by atoms with van der Waals surface area (Å²) in [7, 11) is 0.211. The van der Waals surface area contributed by atoms with Gasteiger partial charge in [-0.25, -0.2) is 4.79 Å². The third kappa shape index (κ3) is 5.01. The number of aryl methyl sites for hydroxylation is 2. The number of hydrogen-bond donors (Lipinski definition) is 0. The summed E-state index contributed by atoms with van der Waals surface area (Å²) < 4.78 is 6.02. The Morgan fingerprint density at radius 3 is 1.89 bits per heavy atom. The van der Waals surface area contributed by atoms with E-state index in [1.54, 1.807) is 0 Å². The summed E-state index contributed by atoms with van der Waals surface area (Å²) in [5.74, 6) is 0.739. The molecule has 150 valence electrons. The van der Waals surface area contributed by atoms with Crippen LogP contribution in [-0.2, 0) is 10.9 Å². The molecule has 1 amide bonds. The highest BCUT2D eigenvalue weighted by atomic mass is 32.2. The van der Waals surface area contributed by atoms with Gasteiger partial charge in [-0.15, -0.1) is 0 Å². The lowest BCUT2D eigenvalue weighted by Gasteiger charge is -2.40. The summed E-state index contributed by atoms with van der Waals surface area (Å²) in [6, 6.07) is 5.00. The molecule has 2 saturated carbocycles. The Kier molecular flexibility index (Phi) is 7.13. The van der Waals surface area contributed by atoms with Crippen LogP contribution in [0, 0.1) is 13.8 Å². The van der Waals surface area contributed by atoms with Gasteiger partial charge in [0.25, 0.3) is 0 Å². The fraction of sp³-hybridized carbons (Fsp3) is 0.696. The average Bonchev–Trinajstić information content (AvgIpc) is 2.66. The van der Waals surface area contributed by atoms with Gasteiger partial charge in [-0.05, 0) is 51.2 Å². The van der Waals surface area contributed by atoms with Crippen LogP contribution in [-0.4, -0.2) is 35.6 Å². The van der Waals surface area contributed by atoms with Gasteiger partial charge >= 0.3 is 6.09 Å². The van der Waals surface area contributed by atoms with Gasteiger partial charge < -0.3 is 9.64 Å². The predicted molar refractivity (Wildman–Crippen MR) is 115 cm³/mol. The van der Waals surface area contributed by atoms with E-state index in [-0.39, 0.29) is 17.0 Å². The van der Waals surface area contributed by atoms with E-state index in [9.17, 15) is 4.79 Å². The van der Waals surface area contributed by atoms with Crippen molar-refractivity contribution < 1.29 is 9.53 Å². The second-order valence-corrected chi connectivity index (χ2v) is 10.6. The summed E-state index contributed by atoms with van der Waals surface area (Å²) >= 11 is 0. The lowest BCUT2D eigenvalue weighted by Crippen LogP contribution is -2.50. The van der Waals surface area contributed by atoms with Crippen LogP contribution in [0.1, 0.15) is 75.3 Å². The second-order valence-electron chi connectivity index (χ2n) is 8.56. The Morgan fingerprint density at radius 1 is 0.889 bits per heavy atom. The maximum absolute atomic E-state index is 13.3. The molecule has 27 heavy (non-hydrogen) atoms. The van der Waals surface area contributed by atoms with Crippen LogP contribution in [0.5, 0.6) is 5.75 Å². The minimum Gasteiger partial charge on any atom is -0.410 e. The fourth-order valence-electron chi connectivity index (χ4n) is 4.77. The number of carbonyl (C=O) groups is 1. The van der Waals surface area contributed by atoms with Crippen LogP contribution in [0.4, 0.5) is 4.79 Å². The van der Waals surface area contributed by atoms with E-state index in [0.717, 1.165) is 37.0 Å². The average molecular weight is 391 g/mol. The molecule has 2 aliphatic carbocycles. The van der Waals surface area contributed by atoms with Crippen molar-refractivity contribution in [1.82, 2.24) is 4.90 Å². The van der Waals surface area contributed by atoms with Crippen molar-refractivity contribution in [3.8, 4) is 5.75 Å². The second kappa shape index (κ2) is 9.36. The van der Waals surface area contributed by atoms with E-state index >= 15 is 0 Å². The van der Waals surface area contributed by atoms with E-state index in [1.165, 1.54) is 49.0 Å². The molecule has 3 nitrogen and oxygen atoms in total. The zero-order chi connectivity index (χ0) is 19.4. The number of carbonyl (C=O) groups excluding carboxylic acids is 1. The monoisotopic (exact) mass is 390 g/mol. The summed E-state index contributed by atoms with van der Waals surface area (Å²) in [5, 5.41) is 0. The lowest BCUT2D eigenvalue weighted by atomic mass is 9.89.